The molecular weight excluding hydrogens is 318 g/mol. The standard InChI is InChI=1S/C18H25N5O2/c1-17(2,3)25-16(24)23-11-9-15(10-12-23)18(19-21-22-20-18)13-14-7-5-4-6-8-14/h4-8,15H,9-13H2,1-3H3. The molecule has 3 rings (SSSR count). The van der Waals surface area contributed by atoms with E-state index in [0.29, 0.717) is 19.5 Å². The minimum atomic E-state index is -0.638. The molecule has 7 nitrogen and oxygen atoms in total. The van der Waals surface area contributed by atoms with Gasteiger partial charge in [0.1, 0.15) is 5.60 Å². The van der Waals surface area contributed by atoms with E-state index in [0.717, 1.165) is 18.4 Å². The van der Waals surface area contributed by atoms with Crippen LogP contribution in [0.2, 0.25) is 0 Å². The van der Waals surface area contributed by atoms with Gasteiger partial charge >= 0.3 is 6.09 Å². The Kier molecular flexibility index (Phi) is 4.83. The minimum absolute atomic E-state index is 0.210. The van der Waals surface area contributed by atoms with Crippen molar-refractivity contribution in [1.82, 2.24) is 4.90 Å². The number of piperidine rings is 1. The molecule has 0 bridgehead atoms. The number of carbonyl (C=O) groups is 1. The van der Waals surface area contributed by atoms with Gasteiger partial charge in [0, 0.05) is 25.4 Å². The fourth-order valence-electron chi connectivity index (χ4n) is 3.34. The second-order valence-corrected chi connectivity index (χ2v) is 7.66. The minimum Gasteiger partial charge on any atom is -0.444 e. The lowest BCUT2D eigenvalue weighted by molar-refractivity contribution is 0.0148. The third kappa shape index (κ3) is 4.21. The molecule has 1 saturated heterocycles. The van der Waals surface area contributed by atoms with Gasteiger partial charge < -0.3 is 9.64 Å². The molecule has 2 aliphatic heterocycles. The predicted octanol–water partition coefficient (Wildman–Crippen LogP) is 4.41. The van der Waals surface area contributed by atoms with E-state index in [2.05, 4.69) is 32.8 Å². The quantitative estimate of drug-likeness (QED) is 0.815. The van der Waals surface area contributed by atoms with Crippen molar-refractivity contribution in [2.24, 2.45) is 26.6 Å². The van der Waals surface area contributed by atoms with Crippen molar-refractivity contribution in [2.75, 3.05) is 13.1 Å². The number of rotatable bonds is 3. The molecule has 0 radical (unpaired) electrons. The van der Waals surface area contributed by atoms with Gasteiger partial charge in [0.05, 0.1) is 0 Å². The van der Waals surface area contributed by atoms with Gasteiger partial charge in [-0.2, -0.15) is 0 Å². The van der Waals surface area contributed by atoms with Crippen molar-refractivity contribution in [2.45, 2.75) is 51.3 Å². The van der Waals surface area contributed by atoms with E-state index in [-0.39, 0.29) is 12.0 Å². The molecule has 1 aromatic carbocycles. The zero-order valence-corrected chi connectivity index (χ0v) is 15.1. The smallest absolute Gasteiger partial charge is 0.410 e. The molecule has 0 saturated carbocycles. The van der Waals surface area contributed by atoms with E-state index < -0.39 is 11.3 Å². The largest absolute Gasteiger partial charge is 0.444 e. The molecule has 0 atom stereocenters. The lowest BCUT2D eigenvalue weighted by Gasteiger charge is -2.38. The van der Waals surface area contributed by atoms with Crippen LogP contribution in [-0.2, 0) is 11.2 Å². The molecule has 0 aliphatic carbocycles. The Labute approximate surface area is 148 Å². The van der Waals surface area contributed by atoms with Crippen molar-refractivity contribution in [3.05, 3.63) is 35.9 Å². The summed E-state index contributed by atoms with van der Waals surface area (Å²) in [6, 6.07) is 10.2. The van der Waals surface area contributed by atoms with Crippen LogP contribution in [0.15, 0.2) is 51.0 Å². The van der Waals surface area contributed by atoms with Gasteiger partial charge in [-0.3, -0.25) is 0 Å². The van der Waals surface area contributed by atoms with Crippen LogP contribution in [-0.4, -0.2) is 35.3 Å². The lowest BCUT2D eigenvalue weighted by atomic mass is 9.81. The Morgan fingerprint density at radius 2 is 1.76 bits per heavy atom. The van der Waals surface area contributed by atoms with Crippen molar-refractivity contribution in [3.8, 4) is 0 Å². The molecule has 1 amide bonds. The third-order valence-electron chi connectivity index (χ3n) is 4.58. The maximum Gasteiger partial charge on any atom is 0.410 e. The van der Waals surface area contributed by atoms with E-state index in [1.807, 2.05) is 39.0 Å². The molecule has 2 heterocycles. The number of nitrogens with zero attached hydrogens (tertiary/aromatic N) is 5. The van der Waals surface area contributed by atoms with Crippen LogP contribution >= 0.6 is 0 Å². The molecule has 1 aromatic rings. The number of hydrogen-bond donors (Lipinski definition) is 0. The number of carbonyl (C=O) groups excluding carboxylic acids is 1. The average molecular weight is 343 g/mol. The van der Waals surface area contributed by atoms with E-state index in [1.165, 1.54) is 0 Å². The van der Waals surface area contributed by atoms with E-state index in [9.17, 15) is 4.79 Å². The highest BCUT2D eigenvalue weighted by Crippen LogP contribution is 2.38. The van der Waals surface area contributed by atoms with Crippen molar-refractivity contribution in [1.29, 1.82) is 0 Å². The zero-order chi connectivity index (χ0) is 17.9. The molecule has 0 N–H and O–H groups in total. The van der Waals surface area contributed by atoms with Gasteiger partial charge in [0.15, 0.2) is 0 Å². The zero-order valence-electron chi connectivity index (χ0n) is 15.1. The fraction of sp³-hybridized carbons (Fsp3) is 0.611. The van der Waals surface area contributed by atoms with Gasteiger partial charge in [-0.15, -0.1) is 10.2 Å². The summed E-state index contributed by atoms with van der Waals surface area (Å²) in [5.74, 6) is 0.210. The van der Waals surface area contributed by atoms with Crippen molar-refractivity contribution >= 4 is 6.09 Å². The fourth-order valence-corrected chi connectivity index (χ4v) is 3.34. The second-order valence-electron chi connectivity index (χ2n) is 7.66. The van der Waals surface area contributed by atoms with Crippen molar-refractivity contribution < 1.29 is 9.53 Å². The molecule has 25 heavy (non-hydrogen) atoms. The van der Waals surface area contributed by atoms with Crippen LogP contribution in [0.3, 0.4) is 0 Å². The summed E-state index contributed by atoms with van der Waals surface area (Å²) in [6.07, 6.45) is 2.05. The van der Waals surface area contributed by atoms with Gasteiger partial charge in [-0.05, 0) is 49.6 Å². The first-order valence-electron chi connectivity index (χ1n) is 8.74. The van der Waals surface area contributed by atoms with Crippen LogP contribution in [0.4, 0.5) is 4.79 Å². The summed E-state index contributed by atoms with van der Waals surface area (Å²) in [6.45, 7) is 6.92. The van der Waals surface area contributed by atoms with E-state index >= 15 is 0 Å². The Morgan fingerprint density at radius 3 is 2.32 bits per heavy atom. The molecule has 2 aliphatic rings. The highest BCUT2D eigenvalue weighted by Gasteiger charge is 2.44. The molecule has 7 heteroatoms. The summed E-state index contributed by atoms with van der Waals surface area (Å²) >= 11 is 0. The maximum atomic E-state index is 12.2. The molecule has 134 valence electrons. The van der Waals surface area contributed by atoms with Gasteiger partial charge in [0.2, 0.25) is 5.66 Å². The van der Waals surface area contributed by atoms with Crippen LogP contribution < -0.4 is 0 Å². The molecule has 0 unspecified atom stereocenters. The summed E-state index contributed by atoms with van der Waals surface area (Å²) in [4.78, 5) is 14.0. The van der Waals surface area contributed by atoms with Gasteiger partial charge in [-0.25, -0.2) is 4.79 Å². The van der Waals surface area contributed by atoms with E-state index in [4.69, 9.17) is 4.74 Å². The first-order chi connectivity index (χ1) is 11.9. The van der Waals surface area contributed by atoms with Crippen LogP contribution in [0, 0.1) is 5.92 Å². The van der Waals surface area contributed by atoms with Gasteiger partial charge in [0.25, 0.3) is 0 Å². The highest BCUT2D eigenvalue weighted by atomic mass is 16.6. The molecule has 0 spiro atoms. The maximum absolute atomic E-state index is 12.2. The Bertz CT molecular complexity index is 646. The van der Waals surface area contributed by atoms with Crippen molar-refractivity contribution in [3.63, 3.8) is 0 Å². The van der Waals surface area contributed by atoms with Crippen LogP contribution in [0.5, 0.6) is 0 Å². The van der Waals surface area contributed by atoms with Gasteiger partial charge in [-0.1, -0.05) is 30.3 Å². The summed E-state index contributed by atoms with van der Waals surface area (Å²) in [5, 5.41) is 16.3. The monoisotopic (exact) mass is 343 g/mol. The Balaban J connectivity index is 1.65. The number of benzene rings is 1. The highest BCUT2D eigenvalue weighted by molar-refractivity contribution is 5.68. The van der Waals surface area contributed by atoms with E-state index in [1.54, 1.807) is 4.90 Å². The summed E-state index contributed by atoms with van der Waals surface area (Å²) < 4.78 is 5.46. The SMILES string of the molecule is CC(C)(C)OC(=O)N1CCC(C2(Cc3ccccc3)N=NN=N2)CC1. The summed E-state index contributed by atoms with van der Waals surface area (Å²) in [5.41, 5.74) is 0.0504. The third-order valence-corrected chi connectivity index (χ3v) is 4.58. The molecule has 0 aromatic heterocycles. The number of hydrogen-bond acceptors (Lipinski definition) is 6. The summed E-state index contributed by atoms with van der Waals surface area (Å²) in [7, 11) is 0. The first kappa shape index (κ1) is 17.5. The number of likely N-dealkylation sites (tertiary alicyclic amines) is 1. The molecular formula is C18H25N5O2. The topological polar surface area (TPSA) is 79.0 Å². The predicted molar refractivity (Wildman–Crippen MR) is 93.1 cm³/mol. The Morgan fingerprint density at radius 1 is 1.16 bits per heavy atom. The lowest BCUT2D eigenvalue weighted by Crippen LogP contribution is -2.46. The van der Waals surface area contributed by atoms with Crippen LogP contribution in [0.25, 0.3) is 0 Å². The normalized spacial score (nSPS) is 20.0. The second kappa shape index (κ2) is 6.90. The number of amides is 1. The molecule has 1 fully saturated rings. The average Bonchev–Trinajstić information content (AvgIpc) is 3.04. The first-order valence-corrected chi connectivity index (χ1v) is 8.74. The van der Waals surface area contributed by atoms with Crippen LogP contribution in [0.1, 0.15) is 39.2 Å². The number of ether oxygens (including phenoxy) is 1. The Hall–Kier alpha value is -2.31.